The number of hydrogen-bond donors (Lipinski definition) is 1. The minimum atomic E-state index is -2.73. The van der Waals surface area contributed by atoms with Crippen LogP contribution in [0.5, 0.6) is 0 Å². The highest BCUT2D eigenvalue weighted by molar-refractivity contribution is 6.62. The fourth-order valence-corrected chi connectivity index (χ4v) is 9.75. The molecule has 6 atom stereocenters. The molecule has 0 aliphatic carbocycles. The summed E-state index contributed by atoms with van der Waals surface area (Å²) in [6.07, 6.45) is 0.928. The van der Waals surface area contributed by atoms with E-state index in [4.69, 9.17) is 50.6 Å². The summed E-state index contributed by atoms with van der Waals surface area (Å²) >= 11 is 6.12. The van der Waals surface area contributed by atoms with Crippen LogP contribution in [-0.2, 0) is 28.3 Å². The summed E-state index contributed by atoms with van der Waals surface area (Å²) < 4.78 is 88.1. The van der Waals surface area contributed by atoms with Gasteiger partial charge in [0.1, 0.15) is 5.82 Å². The summed E-state index contributed by atoms with van der Waals surface area (Å²) in [7, 11) is 2.70. The molecule has 11 rings (SSSR count). The molecule has 2 N–H and O–H groups in total. The van der Waals surface area contributed by atoms with Crippen molar-refractivity contribution in [3.8, 4) is 11.4 Å². The summed E-state index contributed by atoms with van der Waals surface area (Å²) in [6, 6.07) is 3.86. The normalized spacial score (nSPS) is 25.8. The third kappa shape index (κ3) is 11.4. The van der Waals surface area contributed by atoms with E-state index >= 15 is 0 Å². The monoisotopic (exact) mass is 1060 g/mol. The average Bonchev–Trinajstić information content (AvgIpc) is 3.59. The molecule has 7 aliphatic rings. The van der Waals surface area contributed by atoms with Gasteiger partial charge in [-0.15, -0.1) is 0 Å². The van der Waals surface area contributed by atoms with E-state index in [0.29, 0.717) is 82.1 Å². The first-order valence-electron chi connectivity index (χ1n) is 24.7. The smallest absolute Gasteiger partial charge is 0.399 e. The second-order valence-corrected chi connectivity index (χ2v) is 20.8. The lowest BCUT2D eigenvalue weighted by Gasteiger charge is -2.52. The summed E-state index contributed by atoms with van der Waals surface area (Å²) in [5, 5.41) is 0.250. The SMILES string of the molecule is CN(C)C=Nc1cc(C(F)F)c(B2OC(C)(C)C(C)(C)O2)cn1.C[C@@H]1COCCN1c1nc(-c2cnc(N)cc2C(F)F)nc(N2C3COCC2C3)n1.C[C@@H]1COCCN1c1nc(Cl)nc(N2C3COCC2C3)n1. The molecule has 21 nitrogen and oxygen atoms in total. The van der Waals surface area contributed by atoms with E-state index in [1.807, 2.05) is 39.5 Å². The Morgan fingerprint density at radius 1 is 0.689 bits per heavy atom. The number of ether oxygens (including phenoxy) is 4. The number of nitrogens with zero attached hydrogens (tertiary/aromatic N) is 14. The zero-order valence-electron chi connectivity index (χ0n) is 42.7. The summed E-state index contributed by atoms with van der Waals surface area (Å²) in [5.41, 5.74) is 4.42. The van der Waals surface area contributed by atoms with Crippen LogP contribution in [0.3, 0.4) is 0 Å². The molecule has 4 bridgehead atoms. The first kappa shape index (κ1) is 53.5. The van der Waals surface area contributed by atoms with Crippen molar-refractivity contribution in [1.82, 2.24) is 44.8 Å². The average molecular weight is 1060 g/mol. The van der Waals surface area contributed by atoms with Gasteiger partial charge in [0.25, 0.3) is 12.9 Å². The molecule has 74 heavy (non-hydrogen) atoms. The molecule has 11 heterocycles. The number of nitrogens with two attached hydrogens (primary N) is 1. The van der Waals surface area contributed by atoms with Crippen molar-refractivity contribution in [2.24, 2.45) is 4.99 Å². The quantitative estimate of drug-likeness (QED) is 0.0966. The van der Waals surface area contributed by atoms with Crippen LogP contribution in [0.2, 0.25) is 5.28 Å². The van der Waals surface area contributed by atoms with Crippen LogP contribution in [0.15, 0.2) is 29.5 Å². The Morgan fingerprint density at radius 3 is 1.69 bits per heavy atom. The molecular weight excluding hydrogens is 993 g/mol. The molecule has 7 aliphatic heterocycles. The van der Waals surface area contributed by atoms with Gasteiger partial charge in [-0.25, -0.2) is 32.5 Å². The van der Waals surface area contributed by atoms with E-state index in [9.17, 15) is 17.6 Å². The Balaban J connectivity index is 0.000000139. The highest BCUT2D eigenvalue weighted by Gasteiger charge is 2.53. The van der Waals surface area contributed by atoms with Crippen LogP contribution in [-0.4, -0.2) is 186 Å². The van der Waals surface area contributed by atoms with Crippen molar-refractivity contribution >= 4 is 65.9 Å². The van der Waals surface area contributed by atoms with Crippen molar-refractivity contribution in [1.29, 1.82) is 0 Å². The van der Waals surface area contributed by atoms with E-state index in [1.165, 1.54) is 30.9 Å². The number of alkyl halides is 4. The number of aliphatic imine (C=N–C) groups is 1. The molecule has 27 heteroatoms. The largest absolute Gasteiger partial charge is 0.496 e. The van der Waals surface area contributed by atoms with Gasteiger partial charge in [0, 0.05) is 61.7 Å². The molecule has 7 fully saturated rings. The Morgan fingerprint density at radius 2 is 1.19 bits per heavy atom. The standard InChI is InChI=1S/C19H23F2N7O2.C15H22BF2N3O2.C13H18ClN5O2/c1-10-7-29-3-2-27(10)18-24-17(14-6-23-15(22)5-13(14)16(20)21)25-19(26-18)28-11-4-12(28)9-30-8-11;1-14(2)15(3,4)23-16(22-14)11-8-19-12(20-9-21(5)6)7-10(11)13(17)18;1-8-5-20-3-2-18(8)12-15-11(14)16-13(17-12)19-9-4-10(19)7-21-6-9/h5-6,10-12,16H,2-4,7-9H2,1H3,(H2,22,23);7-9,13H,1-6H3;8-10H,2-7H2,1H3/t10-,11?,12?;;8-,9?,10?/m1.1/s1. The number of halogens is 5. The maximum atomic E-state index is 13.7. The maximum absolute atomic E-state index is 13.7. The van der Waals surface area contributed by atoms with Gasteiger partial charge < -0.3 is 58.5 Å². The molecule has 4 aromatic rings. The van der Waals surface area contributed by atoms with Crippen molar-refractivity contribution in [2.75, 3.05) is 105 Å². The minimum Gasteiger partial charge on any atom is -0.399 e. The third-order valence-electron chi connectivity index (χ3n) is 14.4. The number of rotatable bonds is 10. The lowest BCUT2D eigenvalue weighted by Crippen LogP contribution is -2.64. The van der Waals surface area contributed by atoms with Crippen molar-refractivity contribution in [3.63, 3.8) is 0 Å². The third-order valence-corrected chi connectivity index (χ3v) is 14.5. The predicted octanol–water partition coefficient (Wildman–Crippen LogP) is 4.92. The fraction of sp³-hybridized carbons (Fsp3) is 0.638. The van der Waals surface area contributed by atoms with E-state index in [-0.39, 0.29) is 69.1 Å². The Labute approximate surface area is 432 Å². The van der Waals surface area contributed by atoms with Gasteiger partial charge in [-0.2, -0.15) is 29.9 Å². The fourth-order valence-electron chi connectivity index (χ4n) is 9.60. The molecule has 4 unspecified atom stereocenters. The molecular formula is C47H63BClF4N15O6. The van der Waals surface area contributed by atoms with Gasteiger partial charge in [0.05, 0.1) is 107 Å². The summed E-state index contributed by atoms with van der Waals surface area (Å²) in [5.74, 6) is 2.67. The molecule has 0 saturated carbocycles. The van der Waals surface area contributed by atoms with Crippen LogP contribution < -0.4 is 30.8 Å². The molecule has 0 aromatic carbocycles. The lowest BCUT2D eigenvalue weighted by atomic mass is 9.77. The van der Waals surface area contributed by atoms with Crippen LogP contribution in [0, 0.1) is 0 Å². The van der Waals surface area contributed by atoms with Crippen LogP contribution >= 0.6 is 11.6 Å². The van der Waals surface area contributed by atoms with Crippen molar-refractivity contribution in [2.45, 2.75) is 115 Å². The highest BCUT2D eigenvalue weighted by Crippen LogP contribution is 2.40. The van der Waals surface area contributed by atoms with Crippen molar-refractivity contribution in [3.05, 3.63) is 40.9 Å². The van der Waals surface area contributed by atoms with E-state index < -0.39 is 31.2 Å². The van der Waals surface area contributed by atoms with Gasteiger partial charge in [-0.1, -0.05) is 0 Å². The number of anilines is 5. The molecule has 0 radical (unpaired) electrons. The van der Waals surface area contributed by atoms with Gasteiger partial charge in [0.2, 0.25) is 29.1 Å². The molecule has 4 aromatic heterocycles. The van der Waals surface area contributed by atoms with Gasteiger partial charge in [-0.05, 0) is 78.1 Å². The van der Waals surface area contributed by atoms with Gasteiger partial charge in [0.15, 0.2) is 11.6 Å². The van der Waals surface area contributed by atoms with E-state index in [2.05, 4.69) is 61.5 Å². The zero-order valence-corrected chi connectivity index (χ0v) is 43.5. The van der Waals surface area contributed by atoms with E-state index in [0.717, 1.165) is 32.6 Å². The first-order chi connectivity index (χ1) is 35.3. The molecule has 400 valence electrons. The van der Waals surface area contributed by atoms with Crippen LogP contribution in [0.4, 0.5) is 53.0 Å². The Hall–Kier alpha value is -5.38. The summed E-state index contributed by atoms with van der Waals surface area (Å²) in [4.78, 5) is 49.5. The highest BCUT2D eigenvalue weighted by atomic mass is 35.5. The van der Waals surface area contributed by atoms with E-state index in [1.54, 1.807) is 19.0 Å². The van der Waals surface area contributed by atoms with Gasteiger partial charge in [-0.3, -0.25) is 0 Å². The number of aromatic nitrogens is 8. The predicted molar refractivity (Wildman–Crippen MR) is 270 cm³/mol. The van der Waals surface area contributed by atoms with Crippen LogP contribution in [0.25, 0.3) is 11.4 Å². The second-order valence-electron chi connectivity index (χ2n) is 20.4. The molecule has 7 saturated heterocycles. The maximum Gasteiger partial charge on any atom is 0.496 e. The van der Waals surface area contributed by atoms with Crippen molar-refractivity contribution < 1.29 is 45.8 Å². The number of fused-ring (bicyclic) bond motifs is 4. The molecule has 0 amide bonds. The Bertz CT molecular complexity index is 2550. The number of nitrogen functional groups attached to an aromatic ring is 1. The lowest BCUT2D eigenvalue weighted by molar-refractivity contribution is 0.00578. The minimum absolute atomic E-state index is 0.0276. The topological polar surface area (TPSA) is 213 Å². The first-order valence-corrected chi connectivity index (χ1v) is 25.1. The number of pyridine rings is 2. The molecule has 0 spiro atoms. The second kappa shape index (κ2) is 22.1. The number of hydrogen-bond acceptors (Lipinski definition) is 20. The van der Waals surface area contributed by atoms with Crippen LogP contribution in [0.1, 0.15) is 78.4 Å². The Kier molecular flexibility index (Phi) is 15.9. The van der Waals surface area contributed by atoms with Gasteiger partial charge >= 0.3 is 7.12 Å². The summed E-state index contributed by atoms with van der Waals surface area (Å²) in [6.45, 7) is 18.1. The number of morpholine rings is 4. The zero-order chi connectivity index (χ0) is 52.6.